The van der Waals surface area contributed by atoms with Crippen molar-refractivity contribution in [2.45, 2.75) is 69.1 Å². The van der Waals surface area contributed by atoms with Crippen LogP contribution in [0.1, 0.15) is 29.9 Å². The number of benzene rings is 2. The highest BCUT2D eigenvalue weighted by atomic mass is 28.3. The summed E-state index contributed by atoms with van der Waals surface area (Å²) >= 11 is 0. The van der Waals surface area contributed by atoms with Gasteiger partial charge in [-0.15, -0.1) is 0 Å². The van der Waals surface area contributed by atoms with Crippen LogP contribution in [0.15, 0.2) is 60.2 Å². The molecular weight excluding hydrogens is 409 g/mol. The van der Waals surface area contributed by atoms with Crippen molar-refractivity contribution in [3.8, 4) is 11.1 Å². The maximum Gasteiger partial charge on any atom is 0.0776 e. The van der Waals surface area contributed by atoms with Crippen LogP contribution in [0.5, 0.6) is 0 Å². The van der Waals surface area contributed by atoms with Crippen LogP contribution >= 0.6 is 0 Å². The molecule has 30 heavy (non-hydrogen) atoms. The lowest BCUT2D eigenvalue weighted by molar-refractivity contribution is 0.587. The van der Waals surface area contributed by atoms with Crippen LogP contribution in [0.4, 0.5) is 0 Å². The monoisotopic (exact) mass is 444 g/mol. The molecule has 1 saturated heterocycles. The predicted octanol–water partition coefficient (Wildman–Crippen LogP) is 5.93. The molecule has 0 nitrogen and oxygen atoms in total. The standard InChI is InChI=1S/C27H36Si3/c1-29(2,3)19-11-13-21-22-14-12-20(30(4,5)6)16-24(22)27(23(21)15-19)26-17-25(28-26)18-9-7-8-10-18/h7-9,11-16,25-27H,10,17,28H2,1-6H3. The minimum absolute atomic E-state index is 0.0834. The third-order valence-electron chi connectivity index (χ3n) is 7.77. The fourth-order valence-electron chi connectivity index (χ4n) is 5.74. The first-order valence-electron chi connectivity index (χ1n) is 11.8. The Morgan fingerprint density at radius 2 is 1.33 bits per heavy atom. The van der Waals surface area contributed by atoms with Gasteiger partial charge in [0.05, 0.1) is 16.1 Å². The number of hydrogen-bond acceptors (Lipinski definition) is 0. The van der Waals surface area contributed by atoms with E-state index in [9.17, 15) is 0 Å². The second-order valence-corrected chi connectivity index (χ2v) is 24.5. The highest BCUT2D eigenvalue weighted by Gasteiger charge is 2.43. The summed E-state index contributed by atoms with van der Waals surface area (Å²) < 4.78 is 0. The molecule has 3 aliphatic rings. The van der Waals surface area contributed by atoms with Crippen molar-refractivity contribution >= 4 is 36.0 Å². The molecule has 0 saturated carbocycles. The van der Waals surface area contributed by atoms with E-state index in [-0.39, 0.29) is 9.52 Å². The van der Waals surface area contributed by atoms with Crippen LogP contribution < -0.4 is 10.4 Å². The first-order valence-corrected chi connectivity index (χ1v) is 20.4. The second-order valence-electron chi connectivity index (χ2n) is 11.9. The molecular formula is C27H36Si3. The van der Waals surface area contributed by atoms with E-state index in [0.717, 1.165) is 11.1 Å². The van der Waals surface area contributed by atoms with Gasteiger partial charge in [-0.05, 0) is 46.2 Å². The van der Waals surface area contributed by atoms with Gasteiger partial charge in [-0.2, -0.15) is 0 Å². The van der Waals surface area contributed by atoms with Gasteiger partial charge in [0, 0.05) is 15.4 Å². The van der Waals surface area contributed by atoms with E-state index in [1.807, 2.05) is 0 Å². The molecule has 0 radical (unpaired) electrons. The van der Waals surface area contributed by atoms with Crippen LogP contribution in [0, 0.1) is 0 Å². The fraction of sp³-hybridized carbons (Fsp3) is 0.407. The van der Waals surface area contributed by atoms with Gasteiger partial charge < -0.3 is 0 Å². The van der Waals surface area contributed by atoms with E-state index in [1.54, 1.807) is 38.2 Å². The smallest absolute Gasteiger partial charge is 0.0776 e. The lowest BCUT2D eigenvalue weighted by Gasteiger charge is -2.41. The Labute approximate surface area is 187 Å². The summed E-state index contributed by atoms with van der Waals surface area (Å²) in [7, 11) is -2.70. The van der Waals surface area contributed by atoms with Gasteiger partial charge in [0.2, 0.25) is 0 Å². The van der Waals surface area contributed by atoms with Crippen molar-refractivity contribution in [1.82, 2.24) is 0 Å². The topological polar surface area (TPSA) is 0 Å². The van der Waals surface area contributed by atoms with Crippen molar-refractivity contribution in [2.75, 3.05) is 0 Å². The Morgan fingerprint density at radius 1 is 0.800 bits per heavy atom. The van der Waals surface area contributed by atoms with Gasteiger partial charge >= 0.3 is 0 Å². The molecule has 2 atom stereocenters. The van der Waals surface area contributed by atoms with E-state index in [0.29, 0.717) is 5.92 Å². The molecule has 2 aromatic carbocycles. The summed E-state index contributed by atoms with van der Waals surface area (Å²) in [6.07, 6.45) is 9.69. The molecule has 0 spiro atoms. The average Bonchev–Trinajstić information content (AvgIpc) is 3.25. The Kier molecular flexibility index (Phi) is 4.81. The molecule has 2 aromatic rings. The molecule has 2 aliphatic carbocycles. The van der Waals surface area contributed by atoms with Crippen LogP contribution in [0.25, 0.3) is 11.1 Å². The van der Waals surface area contributed by atoms with Gasteiger partial charge in [0.15, 0.2) is 0 Å². The van der Waals surface area contributed by atoms with Crippen molar-refractivity contribution in [1.29, 1.82) is 0 Å². The zero-order valence-electron chi connectivity index (χ0n) is 19.5. The molecule has 3 heteroatoms. The molecule has 1 aliphatic heterocycles. The van der Waals surface area contributed by atoms with E-state index in [4.69, 9.17) is 0 Å². The molecule has 1 fully saturated rings. The van der Waals surface area contributed by atoms with Crippen molar-refractivity contribution in [3.05, 3.63) is 71.3 Å². The lowest BCUT2D eigenvalue weighted by Crippen LogP contribution is -2.38. The molecule has 1 heterocycles. The molecule has 0 N–H and O–H groups in total. The number of fused-ring (bicyclic) bond motifs is 3. The van der Waals surface area contributed by atoms with Crippen LogP contribution in [-0.4, -0.2) is 25.7 Å². The SMILES string of the molecule is C[Si](C)(C)c1ccc2c(c1)C(C1CC(C3=CC=CC3)[SiH2]1)c1cc([Si](C)(C)C)ccc1-2. The Bertz CT molecular complexity index is 993. The van der Waals surface area contributed by atoms with Gasteiger partial charge in [-0.1, -0.05) is 110 Å². The average molecular weight is 445 g/mol. The maximum absolute atomic E-state index is 2.64. The lowest BCUT2D eigenvalue weighted by atomic mass is 9.88. The number of hydrogen-bond donors (Lipinski definition) is 0. The number of rotatable bonds is 4. The molecule has 0 amide bonds. The summed E-state index contributed by atoms with van der Waals surface area (Å²) in [4.78, 5) is 0. The minimum Gasteiger partial charge on any atom is -0.0805 e. The van der Waals surface area contributed by atoms with Crippen molar-refractivity contribution in [3.63, 3.8) is 0 Å². The van der Waals surface area contributed by atoms with Gasteiger partial charge in [-0.3, -0.25) is 0 Å². The zero-order chi connectivity index (χ0) is 21.3. The van der Waals surface area contributed by atoms with Crippen LogP contribution in [-0.2, 0) is 0 Å². The maximum atomic E-state index is 2.64. The van der Waals surface area contributed by atoms with E-state index < -0.39 is 16.1 Å². The largest absolute Gasteiger partial charge is 0.0805 e. The highest BCUT2D eigenvalue weighted by molar-refractivity contribution is 6.89. The molecule has 2 unspecified atom stereocenters. The normalized spacial score (nSPS) is 24.0. The first kappa shape index (κ1) is 20.5. The van der Waals surface area contributed by atoms with Gasteiger partial charge in [0.1, 0.15) is 0 Å². The zero-order valence-corrected chi connectivity index (χ0v) is 23.0. The Hall–Kier alpha value is -1.43. The summed E-state index contributed by atoms with van der Waals surface area (Å²) in [5, 5.41) is 3.26. The minimum atomic E-state index is -1.31. The Morgan fingerprint density at radius 3 is 1.77 bits per heavy atom. The summed E-state index contributed by atoms with van der Waals surface area (Å²) in [6.45, 7) is 14.9. The molecule has 156 valence electrons. The van der Waals surface area contributed by atoms with Crippen LogP contribution in [0.3, 0.4) is 0 Å². The molecule has 5 rings (SSSR count). The van der Waals surface area contributed by atoms with Crippen LogP contribution in [0.2, 0.25) is 50.4 Å². The summed E-state index contributed by atoms with van der Waals surface area (Å²) in [6, 6.07) is 15.1. The highest BCUT2D eigenvalue weighted by Crippen LogP contribution is 2.57. The van der Waals surface area contributed by atoms with Crippen molar-refractivity contribution in [2.24, 2.45) is 0 Å². The van der Waals surface area contributed by atoms with E-state index >= 15 is 0 Å². The fourth-order valence-corrected chi connectivity index (χ4v) is 10.7. The second kappa shape index (κ2) is 7.04. The summed E-state index contributed by atoms with van der Waals surface area (Å²) in [5.41, 5.74) is 10.1. The molecule has 0 aromatic heterocycles. The predicted molar refractivity (Wildman–Crippen MR) is 142 cm³/mol. The van der Waals surface area contributed by atoms with Crippen molar-refractivity contribution < 1.29 is 0 Å². The summed E-state index contributed by atoms with van der Waals surface area (Å²) in [5.74, 6) is 0.667. The number of allylic oxidation sites excluding steroid dienone is 4. The van der Waals surface area contributed by atoms with E-state index in [1.165, 1.54) is 12.8 Å². The van der Waals surface area contributed by atoms with E-state index in [2.05, 4.69) is 93.9 Å². The Balaban J connectivity index is 1.56. The first-order chi connectivity index (χ1) is 14.1. The van der Waals surface area contributed by atoms with Gasteiger partial charge in [-0.25, -0.2) is 0 Å². The third kappa shape index (κ3) is 3.39. The van der Waals surface area contributed by atoms with Gasteiger partial charge in [0.25, 0.3) is 0 Å². The third-order valence-corrected chi connectivity index (χ3v) is 14.7. The molecule has 0 bridgehead atoms. The quantitative estimate of drug-likeness (QED) is 0.513.